The predicted molar refractivity (Wildman–Crippen MR) is 124 cm³/mol. The Kier molecular flexibility index (Phi) is 8.28. The lowest BCUT2D eigenvalue weighted by Gasteiger charge is -2.34. The van der Waals surface area contributed by atoms with Crippen LogP contribution in [0.4, 0.5) is 0 Å². The van der Waals surface area contributed by atoms with Crippen molar-refractivity contribution in [3.05, 3.63) is 64.7 Å². The van der Waals surface area contributed by atoms with Crippen molar-refractivity contribution in [1.29, 1.82) is 0 Å². The SMILES string of the molecule is Cc1ccc(S(=O)(=O)N2CCCC[C@H]2CCNC(=O)C(=O)NCc2ccc(Cl)cc2)cc1. The molecule has 7 nitrogen and oxygen atoms in total. The minimum absolute atomic E-state index is 0.215. The third-order valence-electron chi connectivity index (χ3n) is 5.54. The van der Waals surface area contributed by atoms with Crippen molar-refractivity contribution in [2.75, 3.05) is 13.1 Å². The summed E-state index contributed by atoms with van der Waals surface area (Å²) < 4.78 is 27.8. The van der Waals surface area contributed by atoms with Gasteiger partial charge in [0.2, 0.25) is 10.0 Å². The van der Waals surface area contributed by atoms with E-state index < -0.39 is 21.8 Å². The van der Waals surface area contributed by atoms with Crippen LogP contribution in [0.15, 0.2) is 53.4 Å². The van der Waals surface area contributed by atoms with Crippen LogP contribution in [0.5, 0.6) is 0 Å². The molecule has 1 aliphatic rings. The molecule has 0 aromatic heterocycles. The van der Waals surface area contributed by atoms with E-state index >= 15 is 0 Å². The van der Waals surface area contributed by atoms with Gasteiger partial charge in [-0.05, 0) is 56.0 Å². The van der Waals surface area contributed by atoms with Crippen LogP contribution in [0.25, 0.3) is 0 Å². The molecule has 0 radical (unpaired) electrons. The van der Waals surface area contributed by atoms with Crippen molar-refractivity contribution in [3.63, 3.8) is 0 Å². The molecular formula is C23H28ClN3O4S. The largest absolute Gasteiger partial charge is 0.348 e. The smallest absolute Gasteiger partial charge is 0.309 e. The molecule has 9 heteroatoms. The number of aryl methyl sites for hydroxylation is 1. The molecular weight excluding hydrogens is 450 g/mol. The van der Waals surface area contributed by atoms with E-state index in [4.69, 9.17) is 11.6 Å². The highest BCUT2D eigenvalue weighted by Gasteiger charge is 2.33. The summed E-state index contributed by atoms with van der Waals surface area (Å²) in [6.45, 7) is 2.80. The van der Waals surface area contributed by atoms with Gasteiger partial charge in [-0.1, -0.05) is 47.9 Å². The fourth-order valence-electron chi connectivity index (χ4n) is 3.72. The van der Waals surface area contributed by atoms with E-state index in [0.29, 0.717) is 18.0 Å². The van der Waals surface area contributed by atoms with Gasteiger partial charge in [-0.3, -0.25) is 9.59 Å². The summed E-state index contributed by atoms with van der Waals surface area (Å²) in [4.78, 5) is 24.4. The summed E-state index contributed by atoms with van der Waals surface area (Å²) in [5, 5.41) is 5.76. The Hall–Kier alpha value is -2.42. The second kappa shape index (κ2) is 10.9. The van der Waals surface area contributed by atoms with Gasteiger partial charge in [-0.25, -0.2) is 8.42 Å². The zero-order valence-corrected chi connectivity index (χ0v) is 19.6. The van der Waals surface area contributed by atoms with Crippen LogP contribution >= 0.6 is 11.6 Å². The van der Waals surface area contributed by atoms with E-state index in [1.165, 1.54) is 4.31 Å². The highest BCUT2D eigenvalue weighted by molar-refractivity contribution is 7.89. The highest BCUT2D eigenvalue weighted by atomic mass is 35.5. The van der Waals surface area contributed by atoms with Crippen molar-refractivity contribution < 1.29 is 18.0 Å². The number of sulfonamides is 1. The molecule has 0 saturated carbocycles. The number of nitrogens with one attached hydrogen (secondary N) is 2. The molecule has 1 fully saturated rings. The standard InChI is InChI=1S/C23H28ClN3O4S/c1-17-5-11-21(12-6-17)32(30,31)27-15-3-2-4-20(27)13-14-25-22(28)23(29)26-16-18-7-9-19(24)10-8-18/h5-12,20H,2-4,13-16H2,1H3,(H,25,28)(H,26,29)/t20-/m0/s1. The summed E-state index contributed by atoms with van der Waals surface area (Å²) in [6.07, 6.45) is 2.91. The van der Waals surface area contributed by atoms with Crippen LogP contribution in [-0.2, 0) is 26.2 Å². The molecule has 3 rings (SSSR count). The van der Waals surface area contributed by atoms with Crippen LogP contribution < -0.4 is 10.6 Å². The Morgan fingerprint density at radius 3 is 2.34 bits per heavy atom. The molecule has 2 N–H and O–H groups in total. The lowest BCUT2D eigenvalue weighted by molar-refractivity contribution is -0.139. The van der Waals surface area contributed by atoms with Crippen LogP contribution in [-0.4, -0.2) is 43.7 Å². The van der Waals surface area contributed by atoms with E-state index in [-0.39, 0.29) is 24.0 Å². The van der Waals surface area contributed by atoms with E-state index in [2.05, 4.69) is 10.6 Å². The van der Waals surface area contributed by atoms with Gasteiger partial charge in [0, 0.05) is 30.7 Å². The van der Waals surface area contributed by atoms with Gasteiger partial charge < -0.3 is 10.6 Å². The quantitative estimate of drug-likeness (QED) is 0.599. The first-order valence-electron chi connectivity index (χ1n) is 10.7. The highest BCUT2D eigenvalue weighted by Crippen LogP contribution is 2.27. The van der Waals surface area contributed by atoms with Crippen LogP contribution in [0.2, 0.25) is 5.02 Å². The molecule has 2 aromatic rings. The number of carbonyl (C=O) groups is 2. The van der Waals surface area contributed by atoms with Gasteiger partial charge in [-0.15, -0.1) is 0 Å². The minimum atomic E-state index is -3.61. The van der Waals surface area contributed by atoms with E-state index in [1.807, 2.05) is 6.92 Å². The average Bonchev–Trinajstić information content (AvgIpc) is 2.79. The van der Waals surface area contributed by atoms with E-state index in [1.54, 1.807) is 48.5 Å². The monoisotopic (exact) mass is 477 g/mol. The molecule has 0 bridgehead atoms. The first kappa shape index (κ1) is 24.2. The maximum Gasteiger partial charge on any atom is 0.309 e. The van der Waals surface area contributed by atoms with Crippen molar-refractivity contribution in [1.82, 2.24) is 14.9 Å². The van der Waals surface area contributed by atoms with E-state index in [0.717, 1.165) is 30.4 Å². The predicted octanol–water partition coefficient (Wildman–Crippen LogP) is 3.01. The molecule has 1 atom stereocenters. The summed E-state index contributed by atoms with van der Waals surface area (Å²) >= 11 is 5.83. The average molecular weight is 478 g/mol. The lowest BCUT2D eigenvalue weighted by atomic mass is 10.0. The van der Waals surface area contributed by atoms with Gasteiger partial charge >= 0.3 is 11.8 Å². The molecule has 32 heavy (non-hydrogen) atoms. The maximum atomic E-state index is 13.1. The zero-order valence-electron chi connectivity index (χ0n) is 18.0. The van der Waals surface area contributed by atoms with Gasteiger partial charge in [0.1, 0.15) is 0 Å². The van der Waals surface area contributed by atoms with Crippen LogP contribution in [0.1, 0.15) is 36.8 Å². The normalized spacial score (nSPS) is 17.0. The number of hydrogen-bond donors (Lipinski definition) is 2. The van der Waals surface area contributed by atoms with Crippen molar-refractivity contribution in [2.45, 2.75) is 50.1 Å². The molecule has 2 amide bonds. The van der Waals surface area contributed by atoms with Gasteiger partial charge in [0.15, 0.2) is 0 Å². The minimum Gasteiger partial charge on any atom is -0.348 e. The van der Waals surface area contributed by atoms with Gasteiger partial charge in [0.05, 0.1) is 4.90 Å². The number of halogens is 1. The second-order valence-corrected chi connectivity index (χ2v) is 10.3. The fraction of sp³-hybridized carbons (Fsp3) is 0.391. The summed E-state index contributed by atoms with van der Waals surface area (Å²) in [5.74, 6) is -1.46. The Labute approximate surface area is 194 Å². The molecule has 0 unspecified atom stereocenters. The number of nitrogens with zero attached hydrogens (tertiary/aromatic N) is 1. The summed E-state index contributed by atoms with van der Waals surface area (Å²) in [5.41, 5.74) is 1.82. The Morgan fingerprint density at radius 1 is 1.00 bits per heavy atom. The zero-order chi connectivity index (χ0) is 23.1. The lowest BCUT2D eigenvalue weighted by Crippen LogP contribution is -2.46. The molecule has 1 saturated heterocycles. The van der Waals surface area contributed by atoms with Crippen molar-refractivity contribution in [3.8, 4) is 0 Å². The van der Waals surface area contributed by atoms with Crippen molar-refractivity contribution in [2.24, 2.45) is 0 Å². The number of piperidine rings is 1. The first-order chi connectivity index (χ1) is 15.3. The Morgan fingerprint density at radius 2 is 1.66 bits per heavy atom. The Balaban J connectivity index is 1.51. The molecule has 172 valence electrons. The number of amides is 2. The molecule has 0 spiro atoms. The third kappa shape index (κ3) is 6.31. The van der Waals surface area contributed by atoms with Crippen LogP contribution in [0, 0.1) is 6.92 Å². The van der Waals surface area contributed by atoms with E-state index in [9.17, 15) is 18.0 Å². The van der Waals surface area contributed by atoms with Gasteiger partial charge in [0.25, 0.3) is 0 Å². The maximum absolute atomic E-state index is 13.1. The van der Waals surface area contributed by atoms with Crippen LogP contribution in [0.3, 0.4) is 0 Å². The second-order valence-electron chi connectivity index (χ2n) is 7.93. The number of rotatable bonds is 7. The summed E-state index contributed by atoms with van der Waals surface area (Å²) in [6, 6.07) is 13.6. The molecule has 0 aliphatic carbocycles. The fourth-order valence-corrected chi connectivity index (χ4v) is 5.57. The van der Waals surface area contributed by atoms with Crippen molar-refractivity contribution >= 4 is 33.4 Å². The molecule has 2 aromatic carbocycles. The topological polar surface area (TPSA) is 95.6 Å². The molecule has 1 aliphatic heterocycles. The van der Waals surface area contributed by atoms with Gasteiger partial charge in [-0.2, -0.15) is 4.31 Å². The number of hydrogen-bond acceptors (Lipinski definition) is 4. The number of carbonyl (C=O) groups excluding carboxylic acids is 2. The number of benzene rings is 2. The molecule has 1 heterocycles. The third-order valence-corrected chi connectivity index (χ3v) is 7.75. The Bertz CT molecular complexity index is 1040. The first-order valence-corrected chi connectivity index (χ1v) is 12.5. The summed E-state index contributed by atoms with van der Waals surface area (Å²) in [7, 11) is -3.61.